The van der Waals surface area contributed by atoms with Crippen molar-refractivity contribution >= 4 is 10.9 Å². The lowest BCUT2D eigenvalue weighted by atomic mass is 10.1. The molecule has 0 amide bonds. The van der Waals surface area contributed by atoms with Gasteiger partial charge in [-0.25, -0.2) is 9.07 Å². The molecule has 0 radical (unpaired) electrons. The highest BCUT2D eigenvalue weighted by Gasteiger charge is 2.29. The number of H-pyrrole nitrogens is 1. The smallest absolute Gasteiger partial charge is 0.252 e. The third-order valence-corrected chi connectivity index (χ3v) is 7.19. The summed E-state index contributed by atoms with van der Waals surface area (Å²) in [6, 6.07) is 11.7. The minimum Gasteiger partial charge on any atom is -0.493 e. The summed E-state index contributed by atoms with van der Waals surface area (Å²) in [6.07, 6.45) is 2.74. The molecular formula is C28H33FN6O4. The van der Waals surface area contributed by atoms with E-state index in [4.69, 9.17) is 14.2 Å². The number of fused-ring (bicyclic) bond motifs is 1. The van der Waals surface area contributed by atoms with Crippen molar-refractivity contribution in [3.63, 3.8) is 0 Å². The molecular weight excluding hydrogens is 503 g/mol. The fourth-order valence-corrected chi connectivity index (χ4v) is 5.20. The molecule has 0 spiro atoms. The molecule has 5 rings (SSSR count). The molecule has 11 heteroatoms. The van der Waals surface area contributed by atoms with Crippen LogP contribution in [0, 0.1) is 5.82 Å². The Morgan fingerprint density at radius 2 is 1.95 bits per heavy atom. The van der Waals surface area contributed by atoms with Crippen molar-refractivity contribution in [3.8, 4) is 11.5 Å². The number of benzene rings is 2. The van der Waals surface area contributed by atoms with Gasteiger partial charge < -0.3 is 19.2 Å². The van der Waals surface area contributed by atoms with Crippen LogP contribution in [-0.2, 0) is 17.8 Å². The average molecular weight is 537 g/mol. The van der Waals surface area contributed by atoms with Gasteiger partial charge in [-0.2, -0.15) is 0 Å². The Bertz CT molecular complexity index is 1470. The second-order valence-electron chi connectivity index (χ2n) is 9.73. The Morgan fingerprint density at radius 3 is 2.64 bits per heavy atom. The molecule has 206 valence electrons. The monoisotopic (exact) mass is 536 g/mol. The third-order valence-electron chi connectivity index (χ3n) is 7.19. The fraction of sp³-hybridized carbons (Fsp3) is 0.429. The molecule has 1 aliphatic heterocycles. The van der Waals surface area contributed by atoms with Gasteiger partial charge in [0.1, 0.15) is 5.82 Å². The quantitative estimate of drug-likeness (QED) is 0.308. The van der Waals surface area contributed by atoms with E-state index in [1.807, 2.05) is 12.1 Å². The molecule has 1 aliphatic rings. The van der Waals surface area contributed by atoms with Crippen molar-refractivity contribution < 1.29 is 18.6 Å². The van der Waals surface area contributed by atoms with Crippen LogP contribution in [0.5, 0.6) is 11.5 Å². The zero-order chi connectivity index (χ0) is 27.4. The number of hydrogen-bond donors (Lipinski definition) is 1. The van der Waals surface area contributed by atoms with Crippen molar-refractivity contribution in [2.75, 3.05) is 27.4 Å². The first kappa shape index (κ1) is 26.8. The number of pyridine rings is 1. The fourth-order valence-electron chi connectivity index (χ4n) is 5.20. The number of halogens is 1. The van der Waals surface area contributed by atoms with E-state index in [0.717, 1.165) is 30.4 Å². The number of ether oxygens (including phenoxy) is 3. The van der Waals surface area contributed by atoms with Crippen molar-refractivity contribution in [1.29, 1.82) is 0 Å². The molecule has 0 bridgehead atoms. The van der Waals surface area contributed by atoms with Gasteiger partial charge in [-0.1, -0.05) is 19.1 Å². The summed E-state index contributed by atoms with van der Waals surface area (Å²) in [7, 11) is 3.15. The summed E-state index contributed by atoms with van der Waals surface area (Å²) in [5, 5.41) is 13.4. The zero-order valence-corrected chi connectivity index (χ0v) is 22.4. The van der Waals surface area contributed by atoms with Gasteiger partial charge >= 0.3 is 0 Å². The number of nitrogens with zero attached hydrogens (tertiary/aromatic N) is 5. The second-order valence-corrected chi connectivity index (χ2v) is 9.73. The average Bonchev–Trinajstić information content (AvgIpc) is 3.62. The summed E-state index contributed by atoms with van der Waals surface area (Å²) < 4.78 is 32.0. The van der Waals surface area contributed by atoms with Crippen LogP contribution in [0.25, 0.3) is 10.9 Å². The Hall–Kier alpha value is -3.83. The summed E-state index contributed by atoms with van der Waals surface area (Å²) in [4.78, 5) is 18.5. The Labute approximate surface area is 225 Å². The third kappa shape index (κ3) is 5.94. The molecule has 2 aromatic carbocycles. The van der Waals surface area contributed by atoms with Crippen molar-refractivity contribution in [3.05, 3.63) is 75.6 Å². The second kappa shape index (κ2) is 11.9. The number of aromatic amines is 1. The number of nitrogens with one attached hydrogen (secondary N) is 1. The SMILES string of the molecule is CC[C@H](c1nnnn1Cc1ccc(F)cc1)N(Cc1cc2cc(OC)c(OC)cc2[nH]c1=O)C[C@H]1CCCO1. The highest BCUT2D eigenvalue weighted by atomic mass is 19.1. The molecule has 3 heterocycles. The number of hydrogen-bond acceptors (Lipinski definition) is 8. The zero-order valence-electron chi connectivity index (χ0n) is 22.4. The predicted molar refractivity (Wildman–Crippen MR) is 143 cm³/mol. The van der Waals surface area contributed by atoms with Crippen molar-refractivity contribution in [2.45, 2.75) is 51.4 Å². The molecule has 10 nitrogen and oxygen atoms in total. The lowest BCUT2D eigenvalue weighted by Gasteiger charge is -2.32. The van der Waals surface area contributed by atoms with Crippen LogP contribution in [-0.4, -0.2) is 63.6 Å². The van der Waals surface area contributed by atoms with Gasteiger partial charge in [-0.15, -0.1) is 5.10 Å². The Kier molecular flexibility index (Phi) is 8.18. The van der Waals surface area contributed by atoms with E-state index in [1.54, 1.807) is 37.1 Å². The largest absolute Gasteiger partial charge is 0.493 e. The minimum atomic E-state index is -0.290. The maximum Gasteiger partial charge on any atom is 0.252 e. The Morgan fingerprint density at radius 1 is 1.18 bits per heavy atom. The van der Waals surface area contributed by atoms with Gasteiger partial charge in [0, 0.05) is 36.7 Å². The minimum absolute atomic E-state index is 0.0596. The maximum absolute atomic E-state index is 13.4. The first-order valence-corrected chi connectivity index (χ1v) is 13.1. The molecule has 2 aromatic heterocycles. The van der Waals surface area contributed by atoms with Crippen LogP contribution in [0.3, 0.4) is 0 Å². The molecule has 1 N–H and O–H groups in total. The number of aromatic nitrogens is 5. The Balaban J connectivity index is 1.48. The molecule has 39 heavy (non-hydrogen) atoms. The first-order valence-electron chi connectivity index (χ1n) is 13.1. The van der Waals surface area contributed by atoms with Gasteiger partial charge in [-0.3, -0.25) is 9.69 Å². The number of tetrazole rings is 1. The van der Waals surface area contributed by atoms with Crippen LogP contribution in [0.15, 0.2) is 47.3 Å². The standard InChI is InChI=1S/C28H33FN6O4/c1-4-24(27-31-32-33-35(27)15-18-7-9-21(29)10-8-18)34(17-22-6-5-11-39-22)16-20-12-19-13-25(37-2)26(38-3)14-23(19)30-28(20)36/h7-10,12-14,22,24H,4-6,11,15-17H2,1-3H3,(H,30,36)/t22-,24-/m1/s1. The number of rotatable bonds is 11. The first-order chi connectivity index (χ1) is 19.0. The van der Waals surface area contributed by atoms with Crippen LogP contribution in [0.4, 0.5) is 4.39 Å². The van der Waals surface area contributed by atoms with E-state index in [1.165, 1.54) is 12.1 Å². The molecule has 0 saturated carbocycles. The molecule has 1 saturated heterocycles. The van der Waals surface area contributed by atoms with E-state index in [9.17, 15) is 9.18 Å². The molecule has 0 unspecified atom stereocenters. The van der Waals surface area contributed by atoms with Crippen LogP contribution >= 0.6 is 0 Å². The van der Waals surface area contributed by atoms with Crippen molar-refractivity contribution in [2.24, 2.45) is 0 Å². The van der Waals surface area contributed by atoms with E-state index in [-0.39, 0.29) is 23.5 Å². The predicted octanol–water partition coefficient (Wildman–Crippen LogP) is 3.85. The lowest BCUT2D eigenvalue weighted by Crippen LogP contribution is -2.37. The van der Waals surface area contributed by atoms with E-state index < -0.39 is 0 Å². The molecule has 1 fully saturated rings. The van der Waals surface area contributed by atoms with E-state index >= 15 is 0 Å². The van der Waals surface area contributed by atoms with Gasteiger partial charge in [0.05, 0.1) is 38.4 Å². The lowest BCUT2D eigenvalue weighted by molar-refractivity contribution is 0.0489. The molecule has 2 atom stereocenters. The van der Waals surface area contributed by atoms with E-state index in [0.29, 0.717) is 54.5 Å². The molecule has 0 aliphatic carbocycles. The van der Waals surface area contributed by atoms with Gasteiger partial charge in [-0.05, 0) is 59.5 Å². The maximum atomic E-state index is 13.4. The van der Waals surface area contributed by atoms with Gasteiger partial charge in [0.25, 0.3) is 5.56 Å². The van der Waals surface area contributed by atoms with Crippen LogP contribution in [0.2, 0.25) is 0 Å². The van der Waals surface area contributed by atoms with Gasteiger partial charge in [0.2, 0.25) is 0 Å². The highest BCUT2D eigenvalue weighted by molar-refractivity contribution is 5.83. The number of methoxy groups -OCH3 is 2. The normalized spacial score (nSPS) is 16.2. The summed E-state index contributed by atoms with van der Waals surface area (Å²) in [5.41, 5.74) is 2.00. The van der Waals surface area contributed by atoms with Gasteiger partial charge in [0.15, 0.2) is 17.3 Å². The van der Waals surface area contributed by atoms with Crippen molar-refractivity contribution in [1.82, 2.24) is 30.1 Å². The molecule has 4 aromatic rings. The highest BCUT2D eigenvalue weighted by Crippen LogP contribution is 2.32. The summed E-state index contributed by atoms with van der Waals surface area (Å²) in [5.74, 6) is 1.53. The van der Waals surface area contributed by atoms with Crippen LogP contribution < -0.4 is 15.0 Å². The van der Waals surface area contributed by atoms with E-state index in [2.05, 4.69) is 32.3 Å². The summed E-state index contributed by atoms with van der Waals surface area (Å²) in [6.45, 7) is 4.22. The topological polar surface area (TPSA) is 107 Å². The van der Waals surface area contributed by atoms with Crippen LogP contribution in [0.1, 0.15) is 49.2 Å². The summed E-state index contributed by atoms with van der Waals surface area (Å²) >= 11 is 0.